The average Bonchev–Trinajstić information content (AvgIpc) is 2.90. The third kappa shape index (κ3) is 2.96. The summed E-state index contributed by atoms with van der Waals surface area (Å²) in [5, 5.41) is 5.36. The fourth-order valence-electron chi connectivity index (χ4n) is 2.21. The molecule has 102 valence electrons. The summed E-state index contributed by atoms with van der Waals surface area (Å²) in [4.78, 5) is 25.4. The number of carbonyl (C=O) groups is 2. The van der Waals surface area contributed by atoms with Crippen LogP contribution in [0.15, 0.2) is 24.3 Å². The Kier molecular flexibility index (Phi) is 3.89. The number of benzene rings is 1. The number of nitrogens with two attached hydrogens (primary N) is 1. The first-order chi connectivity index (χ1) is 9.11. The van der Waals surface area contributed by atoms with Crippen molar-refractivity contribution in [2.24, 2.45) is 0 Å². The zero-order valence-corrected chi connectivity index (χ0v) is 10.8. The summed E-state index contributed by atoms with van der Waals surface area (Å²) in [6.45, 7) is 0.596. The van der Waals surface area contributed by atoms with Gasteiger partial charge in [-0.05, 0) is 37.1 Å². The number of amides is 3. The molecule has 0 saturated carbocycles. The monoisotopic (exact) mass is 262 g/mol. The number of likely N-dealkylation sites (N-methyl/N-ethyl adjacent to an activating group) is 1. The summed E-state index contributed by atoms with van der Waals surface area (Å²) >= 11 is 0. The molecule has 1 heterocycles. The number of nitrogen functional groups attached to an aromatic ring is 1. The van der Waals surface area contributed by atoms with Gasteiger partial charge in [-0.3, -0.25) is 4.79 Å². The molecular formula is C13H18N4O2. The largest absolute Gasteiger partial charge is 0.399 e. The van der Waals surface area contributed by atoms with Gasteiger partial charge in [0.25, 0.3) is 0 Å². The molecule has 19 heavy (non-hydrogen) atoms. The predicted octanol–water partition coefficient (Wildman–Crippen LogP) is 1.01. The van der Waals surface area contributed by atoms with Gasteiger partial charge >= 0.3 is 6.03 Å². The highest BCUT2D eigenvalue weighted by Crippen LogP contribution is 2.19. The summed E-state index contributed by atoms with van der Waals surface area (Å²) < 4.78 is 0. The Morgan fingerprint density at radius 3 is 2.63 bits per heavy atom. The summed E-state index contributed by atoms with van der Waals surface area (Å²) in [6, 6.07) is 6.27. The number of anilines is 2. The molecule has 0 bridgehead atoms. The molecular weight excluding hydrogens is 244 g/mol. The van der Waals surface area contributed by atoms with E-state index in [2.05, 4.69) is 10.6 Å². The van der Waals surface area contributed by atoms with Crippen molar-refractivity contribution in [3.63, 3.8) is 0 Å². The molecule has 4 N–H and O–H groups in total. The number of carbonyl (C=O) groups excluding carboxylic acids is 2. The highest BCUT2D eigenvalue weighted by molar-refractivity contribution is 5.94. The second kappa shape index (κ2) is 5.60. The Bertz CT molecular complexity index is 472. The normalized spacial score (nSPS) is 18.2. The van der Waals surface area contributed by atoms with Gasteiger partial charge in [0.1, 0.15) is 6.04 Å². The number of rotatable bonds is 2. The van der Waals surface area contributed by atoms with Gasteiger partial charge < -0.3 is 21.3 Å². The minimum Gasteiger partial charge on any atom is -0.399 e. The zero-order chi connectivity index (χ0) is 13.8. The maximum Gasteiger partial charge on any atom is 0.322 e. The van der Waals surface area contributed by atoms with Crippen molar-refractivity contribution in [1.82, 2.24) is 10.2 Å². The van der Waals surface area contributed by atoms with Crippen LogP contribution < -0.4 is 16.4 Å². The third-order valence-corrected chi connectivity index (χ3v) is 3.22. The lowest BCUT2D eigenvalue weighted by Gasteiger charge is -2.23. The van der Waals surface area contributed by atoms with Crippen molar-refractivity contribution in [2.75, 3.05) is 24.6 Å². The van der Waals surface area contributed by atoms with Crippen LogP contribution in [0.25, 0.3) is 0 Å². The van der Waals surface area contributed by atoms with Crippen molar-refractivity contribution >= 4 is 23.3 Å². The van der Waals surface area contributed by atoms with Crippen molar-refractivity contribution in [3.05, 3.63) is 24.3 Å². The first kappa shape index (κ1) is 13.2. The lowest BCUT2D eigenvalue weighted by atomic mass is 10.2. The Morgan fingerprint density at radius 1 is 1.32 bits per heavy atom. The molecule has 1 aromatic rings. The molecule has 1 atom stereocenters. The third-order valence-electron chi connectivity index (χ3n) is 3.22. The minimum atomic E-state index is -0.376. The predicted molar refractivity (Wildman–Crippen MR) is 73.7 cm³/mol. The molecule has 1 saturated heterocycles. The summed E-state index contributed by atoms with van der Waals surface area (Å²) in [7, 11) is 1.58. The van der Waals surface area contributed by atoms with Crippen LogP contribution in [0.2, 0.25) is 0 Å². The number of nitrogens with zero attached hydrogens (tertiary/aromatic N) is 1. The summed E-state index contributed by atoms with van der Waals surface area (Å²) in [5.41, 5.74) is 6.89. The van der Waals surface area contributed by atoms with Gasteiger partial charge in [-0.25, -0.2) is 4.79 Å². The van der Waals surface area contributed by atoms with Gasteiger partial charge in [0.05, 0.1) is 0 Å². The Morgan fingerprint density at radius 2 is 2.00 bits per heavy atom. The van der Waals surface area contributed by atoms with Gasteiger partial charge in [0.2, 0.25) is 5.91 Å². The van der Waals surface area contributed by atoms with Crippen molar-refractivity contribution in [1.29, 1.82) is 0 Å². The van der Waals surface area contributed by atoms with Crippen LogP contribution in [-0.4, -0.2) is 36.5 Å². The molecule has 1 fully saturated rings. The van der Waals surface area contributed by atoms with Crippen LogP contribution in [0.3, 0.4) is 0 Å². The quantitative estimate of drug-likeness (QED) is 0.695. The molecule has 3 amide bonds. The fraction of sp³-hybridized carbons (Fsp3) is 0.385. The highest BCUT2D eigenvalue weighted by atomic mass is 16.2. The van der Waals surface area contributed by atoms with E-state index in [1.165, 1.54) is 0 Å². The molecule has 6 heteroatoms. The van der Waals surface area contributed by atoms with Gasteiger partial charge in [0, 0.05) is 25.0 Å². The zero-order valence-electron chi connectivity index (χ0n) is 10.8. The molecule has 1 aliphatic heterocycles. The smallest absolute Gasteiger partial charge is 0.322 e. The number of hydrogen-bond donors (Lipinski definition) is 3. The van der Waals surface area contributed by atoms with Gasteiger partial charge in [0.15, 0.2) is 0 Å². The van der Waals surface area contributed by atoms with Crippen LogP contribution >= 0.6 is 0 Å². The van der Waals surface area contributed by atoms with Crippen molar-refractivity contribution < 1.29 is 9.59 Å². The van der Waals surface area contributed by atoms with Gasteiger partial charge in [-0.15, -0.1) is 0 Å². The minimum absolute atomic E-state index is 0.120. The highest BCUT2D eigenvalue weighted by Gasteiger charge is 2.33. The standard InChI is InChI=1S/C13H18N4O2/c1-15-12(18)11-3-2-8-17(11)13(19)16-10-6-4-9(14)5-7-10/h4-7,11H,2-3,8,14H2,1H3,(H,15,18)(H,16,19). The molecule has 6 nitrogen and oxygen atoms in total. The maximum absolute atomic E-state index is 12.1. The first-order valence-electron chi connectivity index (χ1n) is 6.26. The van der Waals surface area contributed by atoms with E-state index in [1.54, 1.807) is 36.2 Å². The molecule has 0 spiro atoms. The average molecular weight is 262 g/mol. The SMILES string of the molecule is CNC(=O)C1CCCN1C(=O)Nc1ccc(N)cc1. The maximum atomic E-state index is 12.1. The Hall–Kier alpha value is -2.24. The molecule has 1 aromatic carbocycles. The molecule has 0 aliphatic carbocycles. The summed E-state index contributed by atoms with van der Waals surface area (Å²) in [6.07, 6.45) is 1.54. The van der Waals surface area contributed by atoms with Crippen LogP contribution in [0.1, 0.15) is 12.8 Å². The Labute approximate surface area is 112 Å². The second-order valence-electron chi connectivity index (χ2n) is 4.52. The van der Waals surface area contributed by atoms with Gasteiger partial charge in [-0.1, -0.05) is 0 Å². The summed E-state index contributed by atoms with van der Waals surface area (Å²) in [5.74, 6) is -0.120. The Balaban J connectivity index is 2.03. The molecule has 1 unspecified atom stereocenters. The molecule has 2 rings (SSSR count). The van der Waals surface area contributed by atoms with Crippen molar-refractivity contribution in [2.45, 2.75) is 18.9 Å². The van der Waals surface area contributed by atoms with Crippen LogP contribution in [0, 0.1) is 0 Å². The first-order valence-corrected chi connectivity index (χ1v) is 6.26. The van der Waals surface area contributed by atoms with E-state index >= 15 is 0 Å². The van der Waals surface area contributed by atoms with Crippen LogP contribution in [0.5, 0.6) is 0 Å². The van der Waals surface area contributed by atoms with E-state index in [0.29, 0.717) is 24.3 Å². The second-order valence-corrected chi connectivity index (χ2v) is 4.52. The lowest BCUT2D eigenvalue weighted by Crippen LogP contribution is -2.46. The topological polar surface area (TPSA) is 87.5 Å². The number of nitrogens with one attached hydrogen (secondary N) is 2. The van der Waals surface area contributed by atoms with Gasteiger partial charge in [-0.2, -0.15) is 0 Å². The number of hydrogen-bond acceptors (Lipinski definition) is 3. The van der Waals surface area contributed by atoms with E-state index in [1.807, 2.05) is 0 Å². The van der Waals surface area contributed by atoms with E-state index in [9.17, 15) is 9.59 Å². The van der Waals surface area contributed by atoms with E-state index in [4.69, 9.17) is 5.73 Å². The van der Waals surface area contributed by atoms with Crippen molar-refractivity contribution in [3.8, 4) is 0 Å². The molecule has 0 radical (unpaired) electrons. The lowest BCUT2D eigenvalue weighted by molar-refractivity contribution is -0.124. The van der Waals surface area contributed by atoms with E-state index < -0.39 is 0 Å². The fourth-order valence-corrected chi connectivity index (χ4v) is 2.21. The van der Waals surface area contributed by atoms with E-state index in [0.717, 1.165) is 6.42 Å². The number of likely N-dealkylation sites (tertiary alicyclic amines) is 1. The molecule has 0 aromatic heterocycles. The van der Waals surface area contributed by atoms with Crippen LogP contribution in [0.4, 0.5) is 16.2 Å². The molecule has 1 aliphatic rings. The van der Waals surface area contributed by atoms with Crippen LogP contribution in [-0.2, 0) is 4.79 Å². The van der Waals surface area contributed by atoms with E-state index in [-0.39, 0.29) is 18.0 Å². The number of urea groups is 1.